The lowest BCUT2D eigenvalue weighted by Crippen LogP contribution is -2.00. The van der Waals surface area contributed by atoms with Crippen LogP contribution in [0.3, 0.4) is 0 Å². The molecule has 1 aliphatic rings. The minimum absolute atomic E-state index is 0.0416. The molecule has 2 aromatic carbocycles. The second-order valence-electron chi connectivity index (χ2n) is 6.73. The van der Waals surface area contributed by atoms with Crippen molar-refractivity contribution in [1.82, 2.24) is 4.98 Å². The van der Waals surface area contributed by atoms with Crippen LogP contribution in [0.25, 0.3) is 0 Å². The van der Waals surface area contributed by atoms with Crippen LogP contribution in [0, 0.1) is 11.3 Å². The molecule has 0 saturated heterocycles. The summed E-state index contributed by atoms with van der Waals surface area (Å²) in [4.78, 5) is 18.4. The first-order valence-electron chi connectivity index (χ1n) is 9.36. The van der Waals surface area contributed by atoms with Crippen molar-refractivity contribution in [1.29, 1.82) is 5.26 Å². The molecule has 0 N–H and O–H groups in total. The number of carbonyl (C=O) groups excluding carboxylic acids is 1. The lowest BCUT2D eigenvalue weighted by molar-refractivity contribution is -0.00637. The van der Waals surface area contributed by atoms with Crippen LogP contribution in [0.2, 0.25) is 5.02 Å². The van der Waals surface area contributed by atoms with Gasteiger partial charge in [0.2, 0.25) is 0 Å². The van der Waals surface area contributed by atoms with Crippen LogP contribution < -0.4 is 9.68 Å². The lowest BCUT2D eigenvalue weighted by Gasteiger charge is -2.10. The zero-order chi connectivity index (χ0) is 22.2. The summed E-state index contributed by atoms with van der Waals surface area (Å²) in [5, 5.41) is 8.74. The van der Waals surface area contributed by atoms with Gasteiger partial charge < -0.3 is 4.74 Å². The highest BCUT2D eigenvalue weighted by atomic mass is 79.9. The third-order valence-corrected chi connectivity index (χ3v) is 5.72. The van der Waals surface area contributed by atoms with Crippen LogP contribution >= 0.6 is 27.5 Å². The Morgan fingerprint density at radius 1 is 1.23 bits per heavy atom. The van der Waals surface area contributed by atoms with Gasteiger partial charge in [0.1, 0.15) is 18.4 Å². The largest absolute Gasteiger partial charge is 0.488 e. The molecule has 1 aliphatic carbocycles. The van der Waals surface area contributed by atoms with E-state index in [0.29, 0.717) is 17.4 Å². The molecule has 0 aliphatic heterocycles. The van der Waals surface area contributed by atoms with Crippen molar-refractivity contribution in [2.45, 2.75) is 25.9 Å². The van der Waals surface area contributed by atoms with E-state index in [1.807, 2.05) is 6.07 Å². The van der Waals surface area contributed by atoms with Gasteiger partial charge in [0.15, 0.2) is 12.0 Å². The van der Waals surface area contributed by atoms with Crippen LogP contribution in [0.1, 0.15) is 39.0 Å². The van der Waals surface area contributed by atoms with Gasteiger partial charge in [-0.15, -0.1) is 0 Å². The molecule has 31 heavy (non-hydrogen) atoms. The van der Waals surface area contributed by atoms with E-state index < -0.39 is 0 Å². The first-order chi connectivity index (χ1) is 15.0. The Balaban J connectivity index is 0.000000225. The SMILES string of the molecule is Brc1cccc2c1CCC2.N#Cc1cncc(COc2cc(OF)c(Cl)cc2C=O)c1. The quantitative estimate of drug-likeness (QED) is 0.388. The third kappa shape index (κ3) is 5.81. The molecule has 0 saturated carbocycles. The molecule has 0 radical (unpaired) electrons. The van der Waals surface area contributed by atoms with Gasteiger partial charge in [0.25, 0.3) is 0 Å². The summed E-state index contributed by atoms with van der Waals surface area (Å²) in [5.41, 5.74) is 4.24. The van der Waals surface area contributed by atoms with Crippen LogP contribution in [-0.2, 0) is 19.4 Å². The number of nitriles is 1. The van der Waals surface area contributed by atoms with Gasteiger partial charge >= 0.3 is 0 Å². The maximum absolute atomic E-state index is 12.3. The summed E-state index contributed by atoms with van der Waals surface area (Å²) in [6.07, 6.45) is 7.33. The van der Waals surface area contributed by atoms with E-state index in [0.717, 1.165) is 0 Å². The summed E-state index contributed by atoms with van der Waals surface area (Å²) in [7, 11) is 0. The summed E-state index contributed by atoms with van der Waals surface area (Å²) >= 11 is 9.26. The van der Waals surface area contributed by atoms with Gasteiger partial charge in [-0.05, 0) is 48.6 Å². The Bertz CT molecular complexity index is 1130. The molecule has 0 amide bonds. The summed E-state index contributed by atoms with van der Waals surface area (Å²) < 4.78 is 19.0. The Hall–Kier alpha value is -2.95. The van der Waals surface area contributed by atoms with E-state index in [1.165, 1.54) is 59.4 Å². The van der Waals surface area contributed by atoms with E-state index in [9.17, 15) is 9.32 Å². The number of carbonyl (C=O) groups is 1. The molecule has 3 aromatic rings. The normalized spacial score (nSPS) is 11.5. The molecule has 0 bridgehead atoms. The Morgan fingerprint density at radius 3 is 2.77 bits per heavy atom. The summed E-state index contributed by atoms with van der Waals surface area (Å²) in [6.45, 7) is 0.0523. The molecule has 8 heteroatoms. The number of aryl methyl sites for hydroxylation is 1. The second-order valence-corrected chi connectivity index (χ2v) is 7.99. The van der Waals surface area contributed by atoms with Crippen molar-refractivity contribution >= 4 is 33.8 Å². The van der Waals surface area contributed by atoms with E-state index in [-0.39, 0.29) is 28.7 Å². The maximum Gasteiger partial charge on any atom is 0.194 e. The van der Waals surface area contributed by atoms with E-state index in [1.54, 1.807) is 6.07 Å². The number of hydrogen-bond acceptors (Lipinski definition) is 5. The number of ether oxygens (including phenoxy) is 1. The van der Waals surface area contributed by atoms with E-state index in [2.05, 4.69) is 44.1 Å². The van der Waals surface area contributed by atoms with E-state index in [4.69, 9.17) is 21.6 Å². The molecule has 0 spiro atoms. The van der Waals surface area contributed by atoms with Crippen LogP contribution in [-0.4, -0.2) is 11.3 Å². The highest BCUT2D eigenvalue weighted by Crippen LogP contribution is 2.33. The molecular formula is C23H17BrClFN2O3. The number of hydrogen-bond donors (Lipinski definition) is 0. The minimum atomic E-state index is -0.249. The number of rotatable bonds is 5. The second kappa shape index (κ2) is 10.9. The van der Waals surface area contributed by atoms with Gasteiger partial charge in [-0.25, -0.2) is 0 Å². The highest BCUT2D eigenvalue weighted by Gasteiger charge is 2.13. The van der Waals surface area contributed by atoms with E-state index >= 15 is 0 Å². The zero-order valence-corrected chi connectivity index (χ0v) is 18.6. The fraction of sp³-hybridized carbons (Fsp3) is 0.174. The molecular weight excluding hydrogens is 487 g/mol. The van der Waals surface area contributed by atoms with Gasteiger partial charge in [-0.3, -0.25) is 14.7 Å². The number of aromatic nitrogens is 1. The number of aldehydes is 1. The average Bonchev–Trinajstić information content (AvgIpc) is 3.29. The number of fused-ring (bicyclic) bond motifs is 1. The molecule has 1 heterocycles. The molecule has 0 fully saturated rings. The predicted molar refractivity (Wildman–Crippen MR) is 118 cm³/mol. The first-order valence-corrected chi connectivity index (χ1v) is 10.5. The first kappa shape index (κ1) is 22.7. The lowest BCUT2D eigenvalue weighted by atomic mass is 10.1. The van der Waals surface area contributed by atoms with Gasteiger partial charge in [-0.1, -0.05) is 39.7 Å². The number of benzene rings is 2. The fourth-order valence-corrected chi connectivity index (χ4v) is 3.99. The Morgan fingerprint density at radius 2 is 2.06 bits per heavy atom. The third-order valence-electron chi connectivity index (χ3n) is 4.68. The van der Waals surface area contributed by atoms with Crippen molar-refractivity contribution < 1.29 is 19.0 Å². The highest BCUT2D eigenvalue weighted by molar-refractivity contribution is 9.10. The smallest absolute Gasteiger partial charge is 0.194 e. The standard InChI is InChI=1S/C14H8ClFN2O3.C9H9Br/c15-12-2-11(7-19)13(3-14(12)21-16)20-8-10-1-9(4-17)5-18-6-10;10-9-6-2-4-7-3-1-5-8(7)9/h1-3,5-7H,8H2;2,4,6H,1,3,5H2. The van der Waals surface area contributed by atoms with Gasteiger partial charge in [0.05, 0.1) is 16.1 Å². The average molecular weight is 504 g/mol. The van der Waals surface area contributed by atoms with Crippen molar-refractivity contribution in [3.63, 3.8) is 0 Å². The number of pyridine rings is 1. The monoisotopic (exact) mass is 502 g/mol. The zero-order valence-electron chi connectivity index (χ0n) is 16.3. The summed E-state index contributed by atoms with van der Waals surface area (Å²) in [5.74, 6) is -0.134. The van der Waals surface area contributed by atoms with Crippen LogP contribution in [0.4, 0.5) is 4.53 Å². The molecule has 1 aromatic heterocycles. The Labute approximate surface area is 192 Å². The van der Waals surface area contributed by atoms with Crippen molar-refractivity contribution in [3.8, 4) is 17.6 Å². The molecule has 158 valence electrons. The number of halogens is 3. The summed E-state index contributed by atoms with van der Waals surface area (Å²) in [6, 6.07) is 12.4. The van der Waals surface area contributed by atoms with Crippen molar-refractivity contribution in [2.75, 3.05) is 0 Å². The molecule has 0 unspecified atom stereocenters. The van der Waals surface area contributed by atoms with Gasteiger partial charge in [0, 0.05) is 33.0 Å². The maximum atomic E-state index is 12.3. The molecule has 0 atom stereocenters. The Kier molecular flexibility index (Phi) is 7.99. The molecule has 4 rings (SSSR count). The molecule has 5 nitrogen and oxygen atoms in total. The van der Waals surface area contributed by atoms with Gasteiger partial charge in [-0.2, -0.15) is 5.26 Å². The number of nitrogens with zero attached hydrogens (tertiary/aromatic N) is 2. The van der Waals surface area contributed by atoms with Crippen LogP contribution in [0.15, 0.2) is 53.3 Å². The van der Waals surface area contributed by atoms with Crippen LogP contribution in [0.5, 0.6) is 11.5 Å². The fourth-order valence-electron chi connectivity index (χ4n) is 3.19. The predicted octanol–water partition coefficient (Wildman–Crippen LogP) is 6.20. The topological polar surface area (TPSA) is 72.2 Å². The minimum Gasteiger partial charge on any atom is -0.488 e. The van der Waals surface area contributed by atoms with Crippen molar-refractivity contribution in [2.24, 2.45) is 0 Å². The van der Waals surface area contributed by atoms with Crippen molar-refractivity contribution in [3.05, 3.63) is 86.1 Å².